The van der Waals surface area contributed by atoms with Crippen LogP contribution in [-0.2, 0) is 9.84 Å². The van der Waals surface area contributed by atoms with Gasteiger partial charge in [-0.1, -0.05) is 18.2 Å². The van der Waals surface area contributed by atoms with Crippen molar-refractivity contribution in [2.24, 2.45) is 4.99 Å². The summed E-state index contributed by atoms with van der Waals surface area (Å²) < 4.78 is 66.2. The van der Waals surface area contributed by atoms with Gasteiger partial charge in [-0.05, 0) is 38.1 Å². The van der Waals surface area contributed by atoms with E-state index in [0.29, 0.717) is 28.9 Å². The molecule has 0 aliphatic carbocycles. The third-order valence-corrected chi connectivity index (χ3v) is 6.06. The fourth-order valence-corrected chi connectivity index (χ4v) is 4.16. The van der Waals surface area contributed by atoms with E-state index in [1.807, 2.05) is 0 Å². The van der Waals surface area contributed by atoms with Gasteiger partial charge in [-0.3, -0.25) is 4.98 Å². The van der Waals surface area contributed by atoms with Gasteiger partial charge in [-0.25, -0.2) is 13.4 Å². The number of aryl methyl sites for hydroxylation is 2. The van der Waals surface area contributed by atoms with Crippen molar-refractivity contribution < 1.29 is 21.6 Å². The maximum atomic E-state index is 13.9. The Bertz CT molecular complexity index is 984. The van der Waals surface area contributed by atoms with E-state index in [4.69, 9.17) is 0 Å². The molecule has 1 aliphatic rings. The number of benzene rings is 1. The van der Waals surface area contributed by atoms with Crippen LogP contribution in [0.5, 0.6) is 0 Å². The van der Waals surface area contributed by atoms with Gasteiger partial charge in [0.15, 0.2) is 9.84 Å². The second-order valence-corrected chi connectivity index (χ2v) is 8.77. The predicted molar refractivity (Wildman–Crippen MR) is 97.7 cm³/mol. The van der Waals surface area contributed by atoms with Crippen molar-refractivity contribution >= 4 is 21.4 Å². The molecule has 1 atom stereocenters. The van der Waals surface area contributed by atoms with Crippen LogP contribution in [0.2, 0.25) is 0 Å². The highest BCUT2D eigenvalue weighted by atomic mass is 32.2. The van der Waals surface area contributed by atoms with Crippen molar-refractivity contribution in [2.75, 3.05) is 17.7 Å². The fraction of sp³-hybridized carbons (Fsp3) is 0.333. The number of halogens is 3. The van der Waals surface area contributed by atoms with Crippen LogP contribution in [0.1, 0.15) is 17.0 Å². The molecule has 0 fully saturated rings. The SMILES string of the molecule is Cc1cc(C2=NC(C(F)(F)F)(S(C)(=O)=O)CN2c2ccccc2)cc(C)n1. The molecule has 0 saturated carbocycles. The van der Waals surface area contributed by atoms with Crippen molar-refractivity contribution in [3.8, 4) is 0 Å². The van der Waals surface area contributed by atoms with E-state index in [1.165, 1.54) is 4.90 Å². The predicted octanol–water partition coefficient (Wildman–Crippen LogP) is 3.27. The average molecular weight is 397 g/mol. The van der Waals surface area contributed by atoms with Crippen molar-refractivity contribution in [1.29, 1.82) is 0 Å². The van der Waals surface area contributed by atoms with Crippen LogP contribution >= 0.6 is 0 Å². The van der Waals surface area contributed by atoms with Crippen LogP contribution < -0.4 is 4.90 Å². The van der Waals surface area contributed by atoms with E-state index >= 15 is 0 Å². The number of hydrogen-bond acceptors (Lipinski definition) is 5. The number of para-hydroxylation sites is 1. The number of anilines is 1. The third kappa shape index (κ3) is 3.31. The molecule has 144 valence electrons. The molecule has 0 N–H and O–H groups in total. The molecule has 0 amide bonds. The van der Waals surface area contributed by atoms with Gasteiger partial charge in [0, 0.05) is 28.9 Å². The largest absolute Gasteiger partial charge is 0.429 e. The van der Waals surface area contributed by atoms with Crippen LogP contribution in [0.3, 0.4) is 0 Å². The molecule has 0 saturated heterocycles. The zero-order valence-corrected chi connectivity index (χ0v) is 15.8. The number of sulfone groups is 1. The quantitative estimate of drug-likeness (QED) is 0.798. The molecule has 0 radical (unpaired) electrons. The Morgan fingerprint density at radius 2 is 1.63 bits per heavy atom. The number of alkyl halides is 3. The summed E-state index contributed by atoms with van der Waals surface area (Å²) in [7, 11) is -4.59. The van der Waals surface area contributed by atoms with Crippen LogP contribution in [0, 0.1) is 13.8 Å². The lowest BCUT2D eigenvalue weighted by Gasteiger charge is -2.28. The molecular formula is C18H18F3N3O2S. The van der Waals surface area contributed by atoms with E-state index in [2.05, 4.69) is 9.98 Å². The fourth-order valence-electron chi connectivity index (χ4n) is 3.12. The minimum atomic E-state index is -5.06. The Morgan fingerprint density at radius 3 is 2.11 bits per heavy atom. The molecule has 1 aromatic heterocycles. The van der Waals surface area contributed by atoms with Crippen molar-refractivity contribution in [2.45, 2.75) is 24.9 Å². The highest BCUT2D eigenvalue weighted by Crippen LogP contribution is 2.44. The molecular weight excluding hydrogens is 379 g/mol. The molecule has 3 rings (SSSR count). The Kier molecular flexibility index (Phi) is 4.54. The first kappa shape index (κ1) is 19.3. The summed E-state index contributed by atoms with van der Waals surface area (Å²) in [6.07, 6.45) is -4.49. The molecule has 1 aromatic carbocycles. The maximum absolute atomic E-state index is 13.9. The number of aliphatic imine (C=N–C) groups is 1. The summed E-state index contributed by atoms with van der Waals surface area (Å²) >= 11 is 0. The molecule has 2 heterocycles. The van der Waals surface area contributed by atoms with Gasteiger partial charge in [-0.15, -0.1) is 0 Å². The first-order chi connectivity index (χ1) is 12.4. The normalized spacial score (nSPS) is 20.7. The number of aromatic nitrogens is 1. The monoisotopic (exact) mass is 397 g/mol. The van der Waals surface area contributed by atoms with Crippen molar-refractivity contribution in [3.05, 3.63) is 59.4 Å². The van der Waals surface area contributed by atoms with Gasteiger partial charge >= 0.3 is 6.18 Å². The maximum Gasteiger partial charge on any atom is 0.429 e. The molecule has 1 aliphatic heterocycles. The van der Waals surface area contributed by atoms with Gasteiger partial charge in [0.25, 0.3) is 4.87 Å². The summed E-state index contributed by atoms with van der Waals surface area (Å²) in [5.74, 6) is -0.0439. The topological polar surface area (TPSA) is 62.6 Å². The summed E-state index contributed by atoms with van der Waals surface area (Å²) in [5, 5.41) is 0. The van der Waals surface area contributed by atoms with Gasteiger partial charge in [0.05, 0.1) is 6.54 Å². The number of rotatable bonds is 3. The molecule has 5 nitrogen and oxygen atoms in total. The van der Waals surface area contributed by atoms with Gasteiger partial charge in [-0.2, -0.15) is 13.2 Å². The van der Waals surface area contributed by atoms with E-state index < -0.39 is 27.4 Å². The van der Waals surface area contributed by atoms with Gasteiger partial charge in [0.2, 0.25) is 0 Å². The van der Waals surface area contributed by atoms with E-state index in [0.717, 1.165) is 0 Å². The Hall–Kier alpha value is -2.42. The highest BCUT2D eigenvalue weighted by molar-refractivity contribution is 7.92. The summed E-state index contributed by atoms with van der Waals surface area (Å²) in [5.41, 5.74) is 2.02. The molecule has 9 heteroatoms. The zero-order valence-electron chi connectivity index (χ0n) is 14.9. The number of amidine groups is 1. The van der Waals surface area contributed by atoms with E-state index in [9.17, 15) is 21.6 Å². The number of hydrogen-bond donors (Lipinski definition) is 0. The Morgan fingerprint density at radius 1 is 1.07 bits per heavy atom. The average Bonchev–Trinajstić information content (AvgIpc) is 2.96. The third-order valence-electron chi connectivity index (χ3n) is 4.38. The summed E-state index contributed by atoms with van der Waals surface area (Å²) in [6.45, 7) is 2.59. The minimum Gasteiger partial charge on any atom is -0.322 e. The van der Waals surface area contributed by atoms with Crippen LogP contribution in [-0.4, -0.2) is 43.1 Å². The first-order valence-electron chi connectivity index (χ1n) is 8.09. The smallest absolute Gasteiger partial charge is 0.322 e. The van der Waals surface area contributed by atoms with Gasteiger partial charge in [0.1, 0.15) is 5.84 Å². The Balaban J connectivity index is 2.29. The summed E-state index contributed by atoms with van der Waals surface area (Å²) in [6, 6.07) is 11.5. The van der Waals surface area contributed by atoms with Crippen LogP contribution in [0.15, 0.2) is 47.5 Å². The number of nitrogens with zero attached hydrogens (tertiary/aromatic N) is 3. The summed E-state index contributed by atoms with van der Waals surface area (Å²) in [4.78, 5) is 6.07. The minimum absolute atomic E-state index is 0.0439. The highest BCUT2D eigenvalue weighted by Gasteiger charge is 2.66. The lowest BCUT2D eigenvalue weighted by atomic mass is 10.1. The first-order valence-corrected chi connectivity index (χ1v) is 9.98. The molecule has 2 aromatic rings. The lowest BCUT2D eigenvalue weighted by molar-refractivity contribution is -0.155. The van der Waals surface area contributed by atoms with E-state index in [1.54, 1.807) is 56.3 Å². The Labute approximate surface area is 155 Å². The standard InChI is InChI=1S/C18H18F3N3O2S/c1-12-9-14(10-13(2)22-12)16-23-17(18(19,20)21,27(3,25)26)11-24(16)15-7-5-4-6-8-15/h4-10H,11H2,1-3H3. The van der Waals surface area contributed by atoms with Crippen LogP contribution in [0.25, 0.3) is 0 Å². The van der Waals surface area contributed by atoms with Crippen LogP contribution in [0.4, 0.5) is 18.9 Å². The number of pyridine rings is 1. The van der Waals surface area contributed by atoms with Gasteiger partial charge < -0.3 is 4.90 Å². The molecule has 27 heavy (non-hydrogen) atoms. The van der Waals surface area contributed by atoms with Crippen molar-refractivity contribution in [3.63, 3.8) is 0 Å². The molecule has 1 unspecified atom stereocenters. The molecule has 0 bridgehead atoms. The zero-order chi connectivity index (χ0) is 20.0. The second kappa shape index (κ2) is 6.33. The second-order valence-electron chi connectivity index (χ2n) is 6.55. The molecule has 0 spiro atoms. The van der Waals surface area contributed by atoms with E-state index in [-0.39, 0.29) is 5.84 Å². The lowest BCUT2D eigenvalue weighted by Crippen LogP contribution is -2.53. The van der Waals surface area contributed by atoms with Crippen molar-refractivity contribution in [1.82, 2.24) is 4.98 Å².